The molecule has 39 heavy (non-hydrogen) atoms. The van der Waals surface area contributed by atoms with Crippen molar-refractivity contribution in [2.75, 3.05) is 57.9 Å². The number of fused-ring (bicyclic) bond motifs is 1. The maximum absolute atomic E-state index is 12.7. The van der Waals surface area contributed by atoms with Gasteiger partial charge in [-0.1, -0.05) is 18.2 Å². The Balaban J connectivity index is 1.52. The van der Waals surface area contributed by atoms with Gasteiger partial charge in [0.2, 0.25) is 0 Å². The minimum Gasteiger partial charge on any atom is -0.394 e. The molecule has 1 saturated heterocycles. The van der Waals surface area contributed by atoms with Gasteiger partial charge in [0.1, 0.15) is 6.07 Å². The first-order valence-electron chi connectivity index (χ1n) is 12.9. The summed E-state index contributed by atoms with van der Waals surface area (Å²) in [5.74, 6) is 0. The molecule has 0 amide bonds. The van der Waals surface area contributed by atoms with Gasteiger partial charge in [0.25, 0.3) is 10.0 Å². The van der Waals surface area contributed by atoms with Crippen molar-refractivity contribution in [2.24, 2.45) is 7.05 Å². The summed E-state index contributed by atoms with van der Waals surface area (Å²) in [6, 6.07) is 17.9. The van der Waals surface area contributed by atoms with Crippen LogP contribution < -0.4 is 10.0 Å². The number of nitrogens with one attached hydrogen (secondary N) is 2. The van der Waals surface area contributed by atoms with E-state index in [9.17, 15) is 18.8 Å². The molecule has 1 atom stereocenters. The number of nitrogens with zero attached hydrogens (tertiary/aromatic N) is 3. The normalized spacial score (nSPS) is 16.1. The summed E-state index contributed by atoms with van der Waals surface area (Å²) in [5.41, 5.74) is 3.76. The minimum atomic E-state index is -4.17. The van der Waals surface area contributed by atoms with Crippen molar-refractivity contribution in [3.05, 3.63) is 59.1 Å². The third-order valence-corrected chi connectivity index (χ3v) is 8.42. The monoisotopic (exact) mass is 553 g/mol. The van der Waals surface area contributed by atoms with Crippen LogP contribution in [0.2, 0.25) is 0 Å². The van der Waals surface area contributed by atoms with Crippen LogP contribution in [-0.2, 0) is 21.8 Å². The van der Waals surface area contributed by atoms with Gasteiger partial charge in [-0.15, -0.1) is 0 Å². The van der Waals surface area contributed by atoms with Crippen LogP contribution in [0.15, 0.2) is 53.4 Å². The maximum Gasteiger partial charge on any atom is 0.251 e. The van der Waals surface area contributed by atoms with Gasteiger partial charge in [0, 0.05) is 62.4 Å². The molecular formula is C28H35N5O5S. The number of allylic oxidation sites excluding steroid dienone is 2. The van der Waals surface area contributed by atoms with Crippen LogP contribution >= 0.6 is 0 Å². The number of aromatic nitrogens is 1. The number of hydrogen-bond acceptors (Lipinski definition) is 8. The molecule has 1 aromatic heterocycles. The number of nitriles is 1. The van der Waals surface area contributed by atoms with E-state index in [2.05, 4.69) is 45.3 Å². The molecule has 11 heteroatoms. The van der Waals surface area contributed by atoms with Crippen molar-refractivity contribution < 1.29 is 23.4 Å². The fraction of sp³-hybridized carbons (Fsp3) is 0.393. The molecule has 1 fully saturated rings. The van der Waals surface area contributed by atoms with Crippen molar-refractivity contribution >= 4 is 32.1 Å². The Labute approximate surface area is 229 Å². The molecule has 10 nitrogen and oxygen atoms in total. The van der Waals surface area contributed by atoms with Gasteiger partial charge in [0.15, 0.2) is 4.91 Å². The zero-order chi connectivity index (χ0) is 28.0. The van der Waals surface area contributed by atoms with Crippen LogP contribution in [0.4, 0.5) is 5.69 Å². The predicted molar refractivity (Wildman–Crippen MR) is 152 cm³/mol. The fourth-order valence-electron chi connectivity index (χ4n) is 4.68. The Morgan fingerprint density at radius 2 is 1.85 bits per heavy atom. The molecule has 2 aromatic carbocycles. The Hall–Kier alpha value is -3.24. The molecule has 1 unspecified atom stereocenters. The van der Waals surface area contributed by atoms with Crippen molar-refractivity contribution in [3.63, 3.8) is 0 Å². The lowest BCUT2D eigenvalue weighted by molar-refractivity contribution is 0.0398. The number of benzene rings is 2. The first kappa shape index (κ1) is 28.8. The van der Waals surface area contributed by atoms with Crippen LogP contribution in [0, 0.1) is 11.3 Å². The SMILES string of the molecule is CC(=C(C#N)S(=O)(=O)NCC(O)CO)c1ccc(-c2ccc3cc(NCCN4CCOCC4)ccc3c2)n1C. The number of ether oxygens (including phenoxy) is 1. The molecule has 0 spiro atoms. The lowest BCUT2D eigenvalue weighted by Crippen LogP contribution is -2.38. The zero-order valence-electron chi connectivity index (χ0n) is 22.2. The van der Waals surface area contributed by atoms with Gasteiger partial charge >= 0.3 is 0 Å². The number of aliphatic hydroxyl groups excluding tert-OH is 2. The molecule has 4 N–H and O–H groups in total. The zero-order valence-corrected chi connectivity index (χ0v) is 23.0. The molecule has 1 aliphatic heterocycles. The quantitative estimate of drug-likeness (QED) is 0.265. The van der Waals surface area contributed by atoms with E-state index in [-0.39, 0.29) is 5.57 Å². The first-order chi connectivity index (χ1) is 18.7. The Bertz CT molecular complexity index is 1490. The molecule has 0 bridgehead atoms. The number of anilines is 1. The van der Waals surface area contributed by atoms with Gasteiger partial charge in [-0.2, -0.15) is 5.26 Å². The van der Waals surface area contributed by atoms with E-state index in [1.807, 2.05) is 23.7 Å². The van der Waals surface area contributed by atoms with E-state index in [0.717, 1.165) is 67.1 Å². The summed E-state index contributed by atoms with van der Waals surface area (Å²) in [7, 11) is -2.35. The summed E-state index contributed by atoms with van der Waals surface area (Å²) in [6.07, 6.45) is -1.25. The smallest absolute Gasteiger partial charge is 0.251 e. The number of sulfonamides is 1. The highest BCUT2D eigenvalue weighted by Gasteiger charge is 2.23. The van der Waals surface area contributed by atoms with E-state index >= 15 is 0 Å². The second-order valence-corrected chi connectivity index (χ2v) is 11.3. The van der Waals surface area contributed by atoms with Gasteiger partial charge in [-0.3, -0.25) is 4.90 Å². The third kappa shape index (κ3) is 6.86. The van der Waals surface area contributed by atoms with Gasteiger partial charge in [-0.25, -0.2) is 13.1 Å². The van der Waals surface area contributed by atoms with Crippen LogP contribution in [0.5, 0.6) is 0 Å². The number of hydrogen-bond donors (Lipinski definition) is 4. The van der Waals surface area contributed by atoms with Gasteiger partial charge < -0.3 is 24.8 Å². The molecule has 0 saturated carbocycles. The predicted octanol–water partition coefficient (Wildman–Crippen LogP) is 2.12. The average Bonchev–Trinajstić information content (AvgIpc) is 3.33. The number of aliphatic hydroxyl groups is 2. The summed E-state index contributed by atoms with van der Waals surface area (Å²) >= 11 is 0. The van der Waals surface area contributed by atoms with E-state index in [1.54, 1.807) is 19.1 Å². The first-order valence-corrected chi connectivity index (χ1v) is 14.4. The number of rotatable bonds is 11. The second kappa shape index (κ2) is 12.7. The van der Waals surface area contributed by atoms with E-state index in [0.29, 0.717) is 5.69 Å². The van der Waals surface area contributed by atoms with Crippen LogP contribution in [0.3, 0.4) is 0 Å². The molecule has 4 rings (SSSR count). The lowest BCUT2D eigenvalue weighted by atomic mass is 10.0. The largest absolute Gasteiger partial charge is 0.394 e. The third-order valence-electron chi connectivity index (χ3n) is 6.93. The Morgan fingerprint density at radius 3 is 2.56 bits per heavy atom. The highest BCUT2D eigenvalue weighted by molar-refractivity contribution is 7.93. The van der Waals surface area contributed by atoms with Gasteiger partial charge in [0.05, 0.1) is 25.9 Å². The van der Waals surface area contributed by atoms with Crippen molar-refractivity contribution in [2.45, 2.75) is 13.0 Å². The molecule has 0 radical (unpaired) electrons. The molecule has 3 aromatic rings. The standard InChI is InChI=1S/C28H35N5O5S/c1-20(28(17-29)39(36,37)31-18-25(35)19-34)26-7-8-27(32(26)2)23-4-3-22-16-24(6-5-21(22)15-23)30-9-10-33-11-13-38-14-12-33/h3-8,15-16,25,30-31,34-35H,9-14,18-19H2,1-2H3. The van der Waals surface area contributed by atoms with E-state index in [1.165, 1.54) is 0 Å². The van der Waals surface area contributed by atoms with Crippen LogP contribution in [-0.4, -0.2) is 86.7 Å². The van der Waals surface area contributed by atoms with E-state index < -0.39 is 34.2 Å². The molecular weight excluding hydrogens is 518 g/mol. The lowest BCUT2D eigenvalue weighted by Gasteiger charge is -2.26. The van der Waals surface area contributed by atoms with E-state index in [4.69, 9.17) is 9.84 Å². The minimum absolute atomic E-state index is 0.283. The van der Waals surface area contributed by atoms with Crippen LogP contribution in [0.25, 0.3) is 27.6 Å². The van der Waals surface area contributed by atoms with Crippen molar-refractivity contribution in [3.8, 4) is 17.3 Å². The van der Waals surface area contributed by atoms with Gasteiger partial charge in [-0.05, 0) is 53.6 Å². The summed E-state index contributed by atoms with van der Waals surface area (Å²) < 4.78 is 34.8. The Kier molecular flexibility index (Phi) is 9.40. The molecule has 2 heterocycles. The topological polar surface area (TPSA) is 140 Å². The molecule has 1 aliphatic rings. The van der Waals surface area contributed by atoms with Crippen molar-refractivity contribution in [1.29, 1.82) is 5.26 Å². The summed E-state index contributed by atoms with van der Waals surface area (Å²) in [6.45, 7) is 5.96. The maximum atomic E-state index is 12.7. The number of morpholine rings is 1. The fourth-order valence-corrected chi connectivity index (χ4v) is 5.86. The highest BCUT2D eigenvalue weighted by atomic mass is 32.2. The Morgan fingerprint density at radius 1 is 1.13 bits per heavy atom. The highest BCUT2D eigenvalue weighted by Crippen LogP contribution is 2.30. The summed E-state index contributed by atoms with van der Waals surface area (Å²) in [4.78, 5) is 1.95. The molecule has 208 valence electrons. The molecule has 0 aliphatic carbocycles. The van der Waals surface area contributed by atoms with Crippen molar-refractivity contribution in [1.82, 2.24) is 14.2 Å². The average molecular weight is 554 g/mol. The summed E-state index contributed by atoms with van der Waals surface area (Å²) in [5, 5.41) is 33.8. The van der Waals surface area contributed by atoms with Crippen LogP contribution in [0.1, 0.15) is 12.6 Å². The second-order valence-electron chi connectivity index (χ2n) is 9.57.